The van der Waals surface area contributed by atoms with Crippen LogP contribution >= 0.6 is 0 Å². The number of nitrogens with one attached hydrogen (secondary N) is 2. The van der Waals surface area contributed by atoms with Crippen LogP contribution in [-0.4, -0.2) is 11.7 Å². The predicted molar refractivity (Wildman–Crippen MR) is 93.2 cm³/mol. The summed E-state index contributed by atoms with van der Waals surface area (Å²) in [4.78, 5) is 0. The van der Waals surface area contributed by atoms with Crippen LogP contribution in [0, 0.1) is 0 Å². The molecule has 3 N–H and O–H groups in total. The molecular weight excluding hydrogens is 288 g/mol. The van der Waals surface area contributed by atoms with Crippen LogP contribution in [-0.2, 0) is 0 Å². The van der Waals surface area contributed by atoms with Crippen molar-refractivity contribution in [1.29, 1.82) is 0 Å². The van der Waals surface area contributed by atoms with Crippen molar-refractivity contribution in [1.82, 2.24) is 0 Å². The molecule has 0 aromatic heterocycles. The number of hydrogen-bond donors (Lipinski definition) is 3. The van der Waals surface area contributed by atoms with Gasteiger partial charge in [0.2, 0.25) is 0 Å². The zero-order valence-electron chi connectivity index (χ0n) is 12.8. The molecular formula is C19H18N2O2. The molecule has 1 aliphatic heterocycles. The lowest BCUT2D eigenvalue weighted by Gasteiger charge is -2.30. The van der Waals surface area contributed by atoms with E-state index >= 15 is 0 Å². The fraction of sp³-hybridized carbons (Fsp3) is 0.158. The molecule has 0 amide bonds. The Bertz CT molecular complexity index is 836. The Labute approximate surface area is 134 Å². The van der Waals surface area contributed by atoms with E-state index in [0.717, 1.165) is 22.7 Å². The summed E-state index contributed by atoms with van der Waals surface area (Å²) in [6.45, 7) is 2.54. The van der Waals surface area contributed by atoms with E-state index in [1.165, 1.54) is 10.8 Å². The van der Waals surface area contributed by atoms with E-state index in [9.17, 15) is 5.11 Å². The maximum atomic E-state index is 10.3. The van der Waals surface area contributed by atoms with Crippen LogP contribution in [0.25, 0.3) is 10.8 Å². The molecule has 0 radical (unpaired) electrons. The summed E-state index contributed by atoms with van der Waals surface area (Å²) in [5.74, 6) is 0.992. The van der Waals surface area contributed by atoms with Crippen LogP contribution in [0.5, 0.6) is 11.5 Å². The zero-order chi connectivity index (χ0) is 15.8. The van der Waals surface area contributed by atoms with Gasteiger partial charge in [-0.1, -0.05) is 24.3 Å². The van der Waals surface area contributed by atoms with Crippen molar-refractivity contribution in [2.45, 2.75) is 13.1 Å². The maximum Gasteiger partial charge on any atom is 0.127 e. The van der Waals surface area contributed by atoms with Crippen molar-refractivity contribution >= 4 is 22.1 Å². The second kappa shape index (κ2) is 5.39. The van der Waals surface area contributed by atoms with E-state index in [-0.39, 0.29) is 11.9 Å². The molecule has 4 nitrogen and oxygen atoms in total. The number of anilines is 2. The number of aromatic hydroxyl groups is 1. The number of benzene rings is 3. The van der Waals surface area contributed by atoms with Crippen molar-refractivity contribution in [3.05, 3.63) is 60.2 Å². The molecule has 0 bridgehead atoms. The van der Waals surface area contributed by atoms with Crippen LogP contribution in [0.1, 0.15) is 18.7 Å². The molecule has 0 fully saturated rings. The molecule has 3 aromatic rings. The summed E-state index contributed by atoms with van der Waals surface area (Å²) in [7, 11) is 0. The van der Waals surface area contributed by atoms with Crippen molar-refractivity contribution in [3.63, 3.8) is 0 Å². The SMILES string of the molecule is CCOc1ccc(O)c(C2Nc3cccc4cccc(c34)N2)c1. The number of phenols is 1. The third kappa shape index (κ3) is 2.32. The topological polar surface area (TPSA) is 53.5 Å². The molecule has 4 rings (SSSR count). The average Bonchev–Trinajstić information content (AvgIpc) is 2.57. The lowest BCUT2D eigenvalue weighted by molar-refractivity contribution is 0.338. The fourth-order valence-electron chi connectivity index (χ4n) is 3.10. The molecule has 3 aromatic carbocycles. The van der Waals surface area contributed by atoms with Gasteiger partial charge >= 0.3 is 0 Å². The Hall–Kier alpha value is -2.88. The number of hydrogen-bond acceptors (Lipinski definition) is 4. The molecule has 0 saturated heterocycles. The summed E-state index contributed by atoms with van der Waals surface area (Å²) in [6.07, 6.45) is -0.212. The van der Waals surface area contributed by atoms with Crippen LogP contribution in [0.3, 0.4) is 0 Å². The van der Waals surface area contributed by atoms with Gasteiger partial charge in [0.1, 0.15) is 17.7 Å². The molecule has 23 heavy (non-hydrogen) atoms. The van der Waals surface area contributed by atoms with Crippen molar-refractivity contribution < 1.29 is 9.84 Å². The highest BCUT2D eigenvalue weighted by atomic mass is 16.5. The Balaban J connectivity index is 1.77. The Morgan fingerprint density at radius 2 is 1.70 bits per heavy atom. The normalized spacial score (nSPS) is 13.4. The molecule has 1 heterocycles. The minimum atomic E-state index is -0.212. The van der Waals surface area contributed by atoms with Gasteiger partial charge < -0.3 is 20.5 Å². The van der Waals surface area contributed by atoms with Gasteiger partial charge in [0, 0.05) is 22.3 Å². The summed E-state index contributed by atoms with van der Waals surface area (Å²) in [5, 5.41) is 19.5. The summed E-state index contributed by atoms with van der Waals surface area (Å²) in [6, 6.07) is 17.7. The maximum absolute atomic E-state index is 10.3. The summed E-state index contributed by atoms with van der Waals surface area (Å²) < 4.78 is 5.55. The van der Waals surface area contributed by atoms with Gasteiger partial charge in [0.15, 0.2) is 0 Å². The second-order valence-electron chi connectivity index (χ2n) is 5.58. The van der Waals surface area contributed by atoms with Crippen LogP contribution in [0.15, 0.2) is 54.6 Å². The monoisotopic (exact) mass is 306 g/mol. The largest absolute Gasteiger partial charge is 0.508 e. The standard InChI is InChI=1S/C19H18N2O2/c1-2-23-13-9-10-17(22)14(11-13)19-20-15-7-3-5-12-6-4-8-16(21-19)18(12)15/h3-11,19-22H,2H2,1H3. The van der Waals surface area contributed by atoms with Gasteiger partial charge in [0.25, 0.3) is 0 Å². The van der Waals surface area contributed by atoms with Crippen molar-refractivity contribution in [2.24, 2.45) is 0 Å². The van der Waals surface area contributed by atoms with Gasteiger partial charge in [-0.15, -0.1) is 0 Å². The third-order valence-corrected chi connectivity index (χ3v) is 4.13. The van der Waals surface area contributed by atoms with Gasteiger partial charge in [0.05, 0.1) is 6.61 Å². The molecule has 0 spiro atoms. The lowest BCUT2D eigenvalue weighted by atomic mass is 10.0. The highest BCUT2D eigenvalue weighted by molar-refractivity contribution is 6.04. The van der Waals surface area contributed by atoms with Gasteiger partial charge in [-0.2, -0.15) is 0 Å². The van der Waals surface area contributed by atoms with E-state index in [2.05, 4.69) is 34.9 Å². The van der Waals surface area contributed by atoms with Gasteiger partial charge in [-0.25, -0.2) is 0 Å². The molecule has 0 unspecified atom stereocenters. The first-order chi connectivity index (χ1) is 11.3. The Morgan fingerprint density at radius 3 is 2.35 bits per heavy atom. The molecule has 116 valence electrons. The first kappa shape index (κ1) is 13.8. The first-order valence-corrected chi connectivity index (χ1v) is 7.77. The minimum Gasteiger partial charge on any atom is -0.508 e. The van der Waals surface area contributed by atoms with Crippen LogP contribution in [0.4, 0.5) is 11.4 Å². The Kier molecular flexibility index (Phi) is 3.23. The van der Waals surface area contributed by atoms with Gasteiger partial charge in [-0.05, 0) is 42.6 Å². The molecule has 0 aliphatic carbocycles. The highest BCUT2D eigenvalue weighted by Gasteiger charge is 2.22. The Morgan fingerprint density at radius 1 is 1.00 bits per heavy atom. The van der Waals surface area contributed by atoms with E-state index in [1.54, 1.807) is 12.1 Å². The number of ether oxygens (including phenoxy) is 1. The average molecular weight is 306 g/mol. The summed E-state index contributed by atoms with van der Waals surface area (Å²) >= 11 is 0. The van der Waals surface area contributed by atoms with Crippen molar-refractivity contribution in [3.8, 4) is 11.5 Å². The molecule has 0 atom stereocenters. The third-order valence-electron chi connectivity index (χ3n) is 4.13. The quantitative estimate of drug-likeness (QED) is 0.668. The van der Waals surface area contributed by atoms with E-state index in [4.69, 9.17) is 4.74 Å². The van der Waals surface area contributed by atoms with Crippen LogP contribution in [0.2, 0.25) is 0 Å². The summed E-state index contributed by atoms with van der Waals surface area (Å²) in [5.41, 5.74) is 2.88. The van der Waals surface area contributed by atoms with E-state index in [1.807, 2.05) is 25.1 Å². The smallest absolute Gasteiger partial charge is 0.127 e. The highest BCUT2D eigenvalue weighted by Crippen LogP contribution is 2.40. The first-order valence-electron chi connectivity index (χ1n) is 7.77. The minimum absolute atomic E-state index is 0.212. The van der Waals surface area contributed by atoms with Crippen molar-refractivity contribution in [2.75, 3.05) is 17.2 Å². The van der Waals surface area contributed by atoms with Crippen LogP contribution < -0.4 is 15.4 Å². The zero-order valence-corrected chi connectivity index (χ0v) is 12.8. The molecule has 0 saturated carbocycles. The van der Waals surface area contributed by atoms with Gasteiger partial charge in [-0.3, -0.25) is 0 Å². The number of phenolic OH excluding ortho intramolecular Hbond substituents is 1. The van der Waals surface area contributed by atoms with E-state index in [0.29, 0.717) is 6.61 Å². The number of rotatable bonds is 3. The molecule has 4 heteroatoms. The lowest BCUT2D eigenvalue weighted by Crippen LogP contribution is -2.23. The fourth-order valence-corrected chi connectivity index (χ4v) is 3.10. The second-order valence-corrected chi connectivity index (χ2v) is 5.58. The van der Waals surface area contributed by atoms with E-state index < -0.39 is 0 Å². The molecule has 1 aliphatic rings. The predicted octanol–water partition coefficient (Wildman–Crippen LogP) is 4.48.